The van der Waals surface area contributed by atoms with Crippen LogP contribution >= 0.6 is 0 Å². The lowest BCUT2D eigenvalue weighted by Crippen LogP contribution is -2.41. The van der Waals surface area contributed by atoms with Crippen molar-refractivity contribution in [1.82, 2.24) is 5.32 Å². The topological polar surface area (TPSA) is 58.6 Å². The van der Waals surface area contributed by atoms with Crippen molar-refractivity contribution in [3.05, 3.63) is 30.3 Å². The van der Waals surface area contributed by atoms with Gasteiger partial charge in [-0.25, -0.2) is 0 Å². The lowest BCUT2D eigenvalue weighted by atomic mass is 9.74. The zero-order valence-corrected chi connectivity index (χ0v) is 12.5. The van der Waals surface area contributed by atoms with Gasteiger partial charge >= 0.3 is 0 Å². The molecular weight excluding hydrogens is 266 g/mol. The molecule has 0 aromatic heterocycles. The fourth-order valence-electron chi connectivity index (χ4n) is 2.85. The highest BCUT2D eigenvalue weighted by Gasteiger charge is 2.31. The van der Waals surface area contributed by atoms with E-state index in [1.165, 1.54) is 6.42 Å². The fourth-order valence-corrected chi connectivity index (χ4v) is 2.85. The Hall–Kier alpha value is -1.55. The smallest absolute Gasteiger partial charge is 0.223 e. The second kappa shape index (κ2) is 8.03. The highest BCUT2D eigenvalue weighted by atomic mass is 16.5. The van der Waals surface area contributed by atoms with E-state index in [1.807, 2.05) is 30.3 Å². The van der Waals surface area contributed by atoms with E-state index in [-0.39, 0.29) is 17.9 Å². The van der Waals surface area contributed by atoms with Gasteiger partial charge in [0.25, 0.3) is 0 Å². The molecule has 0 bridgehead atoms. The average Bonchev–Trinajstić information content (AvgIpc) is 2.55. The summed E-state index contributed by atoms with van der Waals surface area (Å²) < 4.78 is 5.51. The van der Waals surface area contributed by atoms with Crippen LogP contribution in [-0.4, -0.2) is 30.8 Å². The maximum Gasteiger partial charge on any atom is 0.223 e. The maximum absolute atomic E-state index is 11.9. The van der Waals surface area contributed by atoms with E-state index < -0.39 is 0 Å². The van der Waals surface area contributed by atoms with Gasteiger partial charge in [-0.15, -0.1) is 0 Å². The highest BCUT2D eigenvalue weighted by molar-refractivity contribution is 5.76. The van der Waals surface area contributed by atoms with Crippen molar-refractivity contribution in [3.8, 4) is 5.75 Å². The number of rotatable bonds is 7. The summed E-state index contributed by atoms with van der Waals surface area (Å²) in [6, 6.07) is 9.49. The molecular formula is C17H25NO3. The van der Waals surface area contributed by atoms with Crippen molar-refractivity contribution >= 4 is 5.91 Å². The number of benzene rings is 1. The number of ether oxygens (including phenoxy) is 1. The van der Waals surface area contributed by atoms with Crippen LogP contribution in [0.4, 0.5) is 0 Å². The number of nitrogens with one attached hydrogen (secondary N) is 1. The largest absolute Gasteiger partial charge is 0.493 e. The van der Waals surface area contributed by atoms with Gasteiger partial charge in [0.05, 0.1) is 19.6 Å². The number of hydrogen-bond donors (Lipinski definition) is 2. The Morgan fingerprint density at radius 1 is 1.19 bits per heavy atom. The first-order valence-electron chi connectivity index (χ1n) is 7.80. The summed E-state index contributed by atoms with van der Waals surface area (Å²) >= 11 is 0. The summed E-state index contributed by atoms with van der Waals surface area (Å²) in [5.74, 6) is 0.772. The molecule has 0 aliphatic heterocycles. The van der Waals surface area contributed by atoms with E-state index in [0.29, 0.717) is 19.6 Å². The lowest BCUT2D eigenvalue weighted by Gasteiger charge is -2.35. The van der Waals surface area contributed by atoms with Gasteiger partial charge in [0.1, 0.15) is 5.75 Å². The highest BCUT2D eigenvalue weighted by Crippen LogP contribution is 2.35. The van der Waals surface area contributed by atoms with Crippen molar-refractivity contribution in [2.75, 3.05) is 19.8 Å². The van der Waals surface area contributed by atoms with Crippen molar-refractivity contribution < 1.29 is 14.6 Å². The number of amides is 1. The summed E-state index contributed by atoms with van der Waals surface area (Å²) in [5.41, 5.74) is -0.103. The van der Waals surface area contributed by atoms with Crippen LogP contribution in [-0.2, 0) is 4.79 Å². The van der Waals surface area contributed by atoms with Gasteiger partial charge in [-0.1, -0.05) is 37.5 Å². The predicted molar refractivity (Wildman–Crippen MR) is 82.2 cm³/mol. The Kier molecular flexibility index (Phi) is 6.05. The summed E-state index contributed by atoms with van der Waals surface area (Å²) in [4.78, 5) is 11.9. The Morgan fingerprint density at radius 3 is 2.57 bits per heavy atom. The van der Waals surface area contributed by atoms with Crippen molar-refractivity contribution in [2.24, 2.45) is 5.41 Å². The molecule has 0 saturated heterocycles. The van der Waals surface area contributed by atoms with Crippen LogP contribution in [0.1, 0.15) is 38.5 Å². The molecule has 4 nitrogen and oxygen atoms in total. The first-order valence-corrected chi connectivity index (χ1v) is 7.80. The van der Waals surface area contributed by atoms with E-state index in [4.69, 9.17) is 4.74 Å². The van der Waals surface area contributed by atoms with E-state index >= 15 is 0 Å². The molecule has 1 saturated carbocycles. The van der Waals surface area contributed by atoms with Crippen molar-refractivity contribution in [3.63, 3.8) is 0 Å². The maximum atomic E-state index is 11.9. The van der Waals surface area contributed by atoms with Crippen LogP contribution in [0.25, 0.3) is 0 Å². The Labute approximate surface area is 126 Å². The molecule has 21 heavy (non-hydrogen) atoms. The van der Waals surface area contributed by atoms with Crippen LogP contribution < -0.4 is 10.1 Å². The summed E-state index contributed by atoms with van der Waals surface area (Å²) in [6.45, 7) is 1.11. The molecule has 2 N–H and O–H groups in total. The monoisotopic (exact) mass is 291 g/mol. The third kappa shape index (κ3) is 5.05. The second-order valence-corrected chi connectivity index (χ2v) is 5.91. The number of carbonyl (C=O) groups is 1. The molecule has 0 spiro atoms. The van der Waals surface area contributed by atoms with Gasteiger partial charge in [0.2, 0.25) is 5.91 Å². The molecule has 116 valence electrons. The van der Waals surface area contributed by atoms with Gasteiger partial charge in [-0.05, 0) is 25.0 Å². The van der Waals surface area contributed by atoms with Gasteiger partial charge < -0.3 is 15.2 Å². The van der Waals surface area contributed by atoms with Crippen LogP contribution in [0.15, 0.2) is 30.3 Å². The van der Waals surface area contributed by atoms with E-state index in [9.17, 15) is 9.90 Å². The quantitative estimate of drug-likeness (QED) is 0.811. The SMILES string of the molecule is O=C(CCOc1ccccc1)NCC1(CO)CCCCC1. The molecule has 1 aromatic carbocycles. The molecule has 1 aliphatic rings. The van der Waals surface area contributed by atoms with Gasteiger partial charge in [-0.3, -0.25) is 4.79 Å². The molecule has 0 radical (unpaired) electrons. The molecule has 2 rings (SSSR count). The number of carbonyl (C=O) groups excluding carboxylic acids is 1. The van der Waals surface area contributed by atoms with E-state index in [2.05, 4.69) is 5.32 Å². The van der Waals surface area contributed by atoms with Crippen LogP contribution in [0, 0.1) is 5.41 Å². The van der Waals surface area contributed by atoms with Crippen LogP contribution in [0.2, 0.25) is 0 Å². The standard InChI is InChI=1S/C17H25NO3/c19-14-17(10-5-2-6-11-17)13-18-16(20)9-12-21-15-7-3-1-4-8-15/h1,3-4,7-8,19H,2,5-6,9-14H2,(H,18,20). The number of aliphatic hydroxyl groups excluding tert-OH is 1. The Balaban J connectivity index is 1.67. The van der Waals surface area contributed by atoms with Crippen LogP contribution in [0.5, 0.6) is 5.75 Å². The van der Waals surface area contributed by atoms with Gasteiger partial charge in [-0.2, -0.15) is 0 Å². The minimum Gasteiger partial charge on any atom is -0.493 e. The molecule has 1 amide bonds. The molecule has 0 heterocycles. The molecule has 0 atom stereocenters. The van der Waals surface area contributed by atoms with Gasteiger partial charge in [0, 0.05) is 12.0 Å². The fraction of sp³-hybridized carbons (Fsp3) is 0.588. The zero-order valence-electron chi connectivity index (χ0n) is 12.5. The third-order valence-electron chi connectivity index (χ3n) is 4.25. The number of para-hydroxylation sites is 1. The second-order valence-electron chi connectivity index (χ2n) is 5.91. The van der Waals surface area contributed by atoms with E-state index in [1.54, 1.807) is 0 Å². The first-order chi connectivity index (χ1) is 10.2. The first kappa shape index (κ1) is 15.8. The lowest BCUT2D eigenvalue weighted by molar-refractivity contribution is -0.122. The molecule has 0 unspecified atom stereocenters. The van der Waals surface area contributed by atoms with Gasteiger partial charge in [0.15, 0.2) is 0 Å². The number of hydrogen-bond acceptors (Lipinski definition) is 3. The van der Waals surface area contributed by atoms with Crippen molar-refractivity contribution in [2.45, 2.75) is 38.5 Å². The predicted octanol–water partition coefficient (Wildman–Crippen LogP) is 2.51. The third-order valence-corrected chi connectivity index (χ3v) is 4.25. The normalized spacial score (nSPS) is 17.2. The summed E-state index contributed by atoms with van der Waals surface area (Å²) in [7, 11) is 0. The average molecular weight is 291 g/mol. The minimum absolute atomic E-state index is 0.00988. The molecule has 4 heteroatoms. The van der Waals surface area contributed by atoms with E-state index in [0.717, 1.165) is 31.4 Å². The Bertz CT molecular complexity index is 427. The number of aliphatic hydroxyl groups is 1. The summed E-state index contributed by atoms with van der Waals surface area (Å²) in [5, 5.41) is 12.6. The van der Waals surface area contributed by atoms with Crippen molar-refractivity contribution in [1.29, 1.82) is 0 Å². The zero-order chi connectivity index (χ0) is 15.0. The Morgan fingerprint density at radius 2 is 1.90 bits per heavy atom. The van der Waals surface area contributed by atoms with Crippen LogP contribution in [0.3, 0.4) is 0 Å². The summed E-state index contributed by atoms with van der Waals surface area (Å²) in [6.07, 6.45) is 5.88. The molecule has 1 aliphatic carbocycles. The molecule has 1 fully saturated rings. The minimum atomic E-state index is -0.103. The molecule has 1 aromatic rings.